The summed E-state index contributed by atoms with van der Waals surface area (Å²) in [4.78, 5) is 21.2. The molecule has 0 aliphatic rings. The SMILES string of the molecule is Cc1ccc2nc(N(CCN(C)C)C(=O)c3cc(C)no3)sc2c1. The van der Waals surface area contributed by atoms with E-state index in [2.05, 4.69) is 16.2 Å². The maximum Gasteiger partial charge on any atom is 0.298 e. The van der Waals surface area contributed by atoms with Gasteiger partial charge in [-0.05, 0) is 45.6 Å². The number of thiazole rings is 1. The number of carbonyl (C=O) groups excluding carboxylic acids is 1. The number of likely N-dealkylation sites (N-methyl/N-ethyl adjacent to an activating group) is 1. The van der Waals surface area contributed by atoms with Crippen molar-refractivity contribution in [2.45, 2.75) is 13.8 Å². The number of rotatable bonds is 5. The topological polar surface area (TPSA) is 62.5 Å². The van der Waals surface area contributed by atoms with Crippen molar-refractivity contribution in [1.82, 2.24) is 15.0 Å². The van der Waals surface area contributed by atoms with Crippen LogP contribution < -0.4 is 4.90 Å². The highest BCUT2D eigenvalue weighted by Crippen LogP contribution is 2.30. The molecule has 0 aliphatic heterocycles. The van der Waals surface area contributed by atoms with Crippen LogP contribution in [0.4, 0.5) is 5.13 Å². The lowest BCUT2D eigenvalue weighted by Gasteiger charge is -2.20. The van der Waals surface area contributed by atoms with Crippen molar-refractivity contribution in [3.8, 4) is 0 Å². The average Bonchev–Trinajstić information content (AvgIpc) is 3.12. The number of aryl methyl sites for hydroxylation is 2. The van der Waals surface area contributed by atoms with Gasteiger partial charge >= 0.3 is 0 Å². The van der Waals surface area contributed by atoms with Crippen molar-refractivity contribution >= 4 is 32.6 Å². The van der Waals surface area contributed by atoms with E-state index in [1.165, 1.54) is 16.9 Å². The molecule has 0 saturated carbocycles. The lowest BCUT2D eigenvalue weighted by molar-refractivity contribution is 0.0949. The van der Waals surface area contributed by atoms with Gasteiger partial charge in [0.1, 0.15) is 0 Å². The Kier molecular flexibility index (Phi) is 4.64. The zero-order valence-corrected chi connectivity index (χ0v) is 15.1. The molecule has 3 rings (SSSR count). The van der Waals surface area contributed by atoms with Gasteiger partial charge < -0.3 is 9.42 Å². The number of hydrogen-bond acceptors (Lipinski definition) is 6. The standard InChI is InChI=1S/C17H20N4O2S/c1-11-5-6-13-15(9-11)24-17(18-13)21(8-7-20(3)4)16(22)14-10-12(2)19-23-14/h5-6,9-10H,7-8H2,1-4H3. The Morgan fingerprint density at radius 1 is 1.21 bits per heavy atom. The lowest BCUT2D eigenvalue weighted by Crippen LogP contribution is -2.36. The van der Waals surface area contributed by atoms with Crippen molar-refractivity contribution in [3.63, 3.8) is 0 Å². The molecule has 24 heavy (non-hydrogen) atoms. The molecule has 126 valence electrons. The Hall–Kier alpha value is -2.25. The van der Waals surface area contributed by atoms with Crippen molar-refractivity contribution in [1.29, 1.82) is 0 Å². The second-order valence-electron chi connectivity index (χ2n) is 6.06. The first-order valence-corrected chi connectivity index (χ1v) is 8.53. The molecule has 0 unspecified atom stereocenters. The molecular weight excluding hydrogens is 324 g/mol. The summed E-state index contributed by atoms with van der Waals surface area (Å²) in [7, 11) is 3.95. The van der Waals surface area contributed by atoms with Crippen LogP contribution in [-0.2, 0) is 0 Å². The molecular formula is C17H20N4O2S. The summed E-state index contributed by atoms with van der Waals surface area (Å²) in [6.07, 6.45) is 0. The summed E-state index contributed by atoms with van der Waals surface area (Å²) in [5.41, 5.74) is 2.76. The molecule has 0 N–H and O–H groups in total. The van der Waals surface area contributed by atoms with Crippen LogP contribution in [0.5, 0.6) is 0 Å². The van der Waals surface area contributed by atoms with Crippen LogP contribution in [0, 0.1) is 13.8 Å². The predicted octanol–water partition coefficient (Wildman–Crippen LogP) is 3.11. The molecule has 0 fully saturated rings. The fourth-order valence-corrected chi connectivity index (χ4v) is 3.40. The predicted molar refractivity (Wildman–Crippen MR) is 95.8 cm³/mol. The van der Waals surface area contributed by atoms with Gasteiger partial charge in [-0.2, -0.15) is 0 Å². The molecule has 1 aromatic carbocycles. The fraction of sp³-hybridized carbons (Fsp3) is 0.353. The number of carbonyl (C=O) groups is 1. The minimum atomic E-state index is -0.215. The van der Waals surface area contributed by atoms with Crippen molar-refractivity contribution in [2.75, 3.05) is 32.1 Å². The first kappa shape index (κ1) is 16.6. The Balaban J connectivity index is 1.97. The normalized spacial score (nSPS) is 11.4. The largest absolute Gasteiger partial charge is 0.351 e. The van der Waals surface area contributed by atoms with Gasteiger partial charge in [0.15, 0.2) is 5.13 Å². The van der Waals surface area contributed by atoms with Crippen LogP contribution in [0.3, 0.4) is 0 Å². The molecule has 3 aromatic rings. The van der Waals surface area contributed by atoms with Gasteiger partial charge in [0.2, 0.25) is 5.76 Å². The van der Waals surface area contributed by atoms with E-state index in [-0.39, 0.29) is 11.7 Å². The van der Waals surface area contributed by atoms with E-state index in [0.29, 0.717) is 17.4 Å². The number of nitrogens with zero attached hydrogens (tertiary/aromatic N) is 4. The van der Waals surface area contributed by atoms with E-state index in [1.54, 1.807) is 17.9 Å². The highest BCUT2D eigenvalue weighted by atomic mass is 32.1. The number of anilines is 1. The lowest BCUT2D eigenvalue weighted by atomic mass is 10.2. The summed E-state index contributed by atoms with van der Waals surface area (Å²) in [6.45, 7) is 5.11. The third-order valence-corrected chi connectivity index (χ3v) is 4.66. The fourth-order valence-electron chi connectivity index (χ4n) is 2.32. The van der Waals surface area contributed by atoms with Crippen molar-refractivity contribution in [3.05, 3.63) is 41.3 Å². The first-order valence-electron chi connectivity index (χ1n) is 7.71. The third-order valence-electron chi connectivity index (χ3n) is 3.62. The van der Waals surface area contributed by atoms with Crippen LogP contribution in [-0.4, -0.2) is 48.1 Å². The number of fused-ring (bicyclic) bond motifs is 1. The number of aromatic nitrogens is 2. The van der Waals surface area contributed by atoms with Crippen LogP contribution >= 0.6 is 11.3 Å². The van der Waals surface area contributed by atoms with Crippen LogP contribution in [0.15, 0.2) is 28.8 Å². The number of hydrogen-bond donors (Lipinski definition) is 0. The van der Waals surface area contributed by atoms with Crippen molar-refractivity contribution < 1.29 is 9.32 Å². The van der Waals surface area contributed by atoms with E-state index >= 15 is 0 Å². The second-order valence-corrected chi connectivity index (χ2v) is 7.07. The molecule has 2 heterocycles. The van der Waals surface area contributed by atoms with Crippen LogP contribution in [0.1, 0.15) is 21.8 Å². The van der Waals surface area contributed by atoms with E-state index < -0.39 is 0 Å². The molecule has 2 aromatic heterocycles. The minimum Gasteiger partial charge on any atom is -0.351 e. The summed E-state index contributed by atoms with van der Waals surface area (Å²) in [6, 6.07) is 7.75. The zero-order chi connectivity index (χ0) is 17.3. The Morgan fingerprint density at radius 2 is 2.00 bits per heavy atom. The summed E-state index contributed by atoms with van der Waals surface area (Å²) >= 11 is 1.51. The summed E-state index contributed by atoms with van der Waals surface area (Å²) in [5, 5.41) is 4.49. The highest BCUT2D eigenvalue weighted by molar-refractivity contribution is 7.22. The zero-order valence-electron chi connectivity index (χ0n) is 14.2. The third kappa shape index (κ3) is 3.47. The van der Waals surface area contributed by atoms with Crippen LogP contribution in [0.2, 0.25) is 0 Å². The first-order chi connectivity index (χ1) is 11.4. The van der Waals surface area contributed by atoms with Gasteiger partial charge in [0.05, 0.1) is 15.9 Å². The number of benzene rings is 1. The molecule has 0 radical (unpaired) electrons. The Bertz CT molecular complexity index is 868. The van der Waals surface area contributed by atoms with Gasteiger partial charge in [-0.15, -0.1) is 0 Å². The molecule has 1 amide bonds. The van der Waals surface area contributed by atoms with Gasteiger partial charge in [0, 0.05) is 19.2 Å². The molecule has 0 saturated heterocycles. The van der Waals surface area contributed by atoms with E-state index in [0.717, 1.165) is 16.8 Å². The smallest absolute Gasteiger partial charge is 0.298 e. The molecule has 0 atom stereocenters. The highest BCUT2D eigenvalue weighted by Gasteiger charge is 2.24. The van der Waals surface area contributed by atoms with E-state index in [9.17, 15) is 4.79 Å². The Labute approximate surface area is 144 Å². The maximum absolute atomic E-state index is 12.9. The van der Waals surface area contributed by atoms with E-state index in [1.807, 2.05) is 38.1 Å². The minimum absolute atomic E-state index is 0.215. The summed E-state index contributed by atoms with van der Waals surface area (Å²) in [5.74, 6) is 0.0231. The number of amides is 1. The summed E-state index contributed by atoms with van der Waals surface area (Å²) < 4.78 is 6.22. The average molecular weight is 344 g/mol. The molecule has 6 nitrogen and oxygen atoms in total. The molecule has 0 spiro atoms. The van der Waals surface area contributed by atoms with Crippen LogP contribution in [0.25, 0.3) is 10.2 Å². The van der Waals surface area contributed by atoms with Gasteiger partial charge in [-0.25, -0.2) is 4.98 Å². The monoisotopic (exact) mass is 344 g/mol. The molecule has 0 bridgehead atoms. The molecule has 0 aliphatic carbocycles. The van der Waals surface area contributed by atoms with Gasteiger partial charge in [-0.3, -0.25) is 9.69 Å². The quantitative estimate of drug-likeness (QED) is 0.712. The van der Waals surface area contributed by atoms with Gasteiger partial charge in [-0.1, -0.05) is 22.6 Å². The second kappa shape index (κ2) is 6.70. The Morgan fingerprint density at radius 3 is 2.67 bits per heavy atom. The maximum atomic E-state index is 12.9. The van der Waals surface area contributed by atoms with Gasteiger partial charge in [0.25, 0.3) is 5.91 Å². The van der Waals surface area contributed by atoms with E-state index in [4.69, 9.17) is 4.52 Å². The molecule has 7 heteroatoms. The van der Waals surface area contributed by atoms with Crippen molar-refractivity contribution in [2.24, 2.45) is 0 Å².